The zero-order valence-corrected chi connectivity index (χ0v) is 16.2. The number of imidazole rings is 1. The highest BCUT2D eigenvalue weighted by Crippen LogP contribution is 2.16. The van der Waals surface area contributed by atoms with Crippen molar-refractivity contribution in [2.24, 2.45) is 0 Å². The summed E-state index contributed by atoms with van der Waals surface area (Å²) in [5, 5.41) is 2.54. The van der Waals surface area contributed by atoms with Gasteiger partial charge in [0.05, 0.1) is 26.2 Å². The number of alkyl carbamates (subject to hydrolysis) is 1. The van der Waals surface area contributed by atoms with Gasteiger partial charge in [0.15, 0.2) is 0 Å². The summed E-state index contributed by atoms with van der Waals surface area (Å²) in [6.45, 7) is 5.24. The van der Waals surface area contributed by atoms with Gasteiger partial charge in [0, 0.05) is 18.3 Å². The lowest BCUT2D eigenvalue weighted by Gasteiger charge is -2.22. The Morgan fingerprint density at radius 3 is 2.41 bits per heavy atom. The molecule has 1 aromatic heterocycles. The Morgan fingerprint density at radius 1 is 1.19 bits per heavy atom. The van der Waals surface area contributed by atoms with Gasteiger partial charge in [-0.25, -0.2) is 14.6 Å². The third-order valence-electron chi connectivity index (χ3n) is 3.60. The summed E-state index contributed by atoms with van der Waals surface area (Å²) in [6, 6.07) is 6.57. The van der Waals surface area contributed by atoms with Crippen LogP contribution in [0.1, 0.15) is 26.5 Å². The third kappa shape index (κ3) is 6.02. The van der Waals surface area contributed by atoms with E-state index < -0.39 is 23.7 Å². The molecule has 0 fully saturated rings. The Kier molecular flexibility index (Phi) is 6.44. The molecule has 8 heteroatoms. The van der Waals surface area contributed by atoms with E-state index in [2.05, 4.69) is 10.3 Å². The van der Waals surface area contributed by atoms with Crippen LogP contribution in [-0.4, -0.2) is 47.5 Å². The molecule has 0 aliphatic rings. The number of rotatable bonds is 6. The van der Waals surface area contributed by atoms with Gasteiger partial charge in [0.2, 0.25) is 0 Å². The molecule has 0 spiro atoms. The zero-order valence-electron chi connectivity index (χ0n) is 16.2. The molecule has 2 rings (SSSR count). The molecular formula is C19H25N3O5. The predicted octanol–water partition coefficient (Wildman–Crippen LogP) is 2.49. The highest BCUT2D eigenvalue weighted by atomic mass is 16.6. The molecule has 0 aliphatic heterocycles. The third-order valence-corrected chi connectivity index (χ3v) is 3.60. The first kappa shape index (κ1) is 20.3. The molecule has 1 aromatic carbocycles. The van der Waals surface area contributed by atoms with E-state index in [1.165, 1.54) is 7.11 Å². The molecule has 0 saturated carbocycles. The maximum atomic E-state index is 12.0. The molecule has 1 atom stereocenters. The molecule has 2 aromatic rings. The molecule has 1 amide bonds. The lowest BCUT2D eigenvalue weighted by atomic mass is 10.1. The lowest BCUT2D eigenvalue weighted by molar-refractivity contribution is -0.143. The zero-order chi connectivity index (χ0) is 20.0. The van der Waals surface area contributed by atoms with E-state index in [-0.39, 0.29) is 6.42 Å². The van der Waals surface area contributed by atoms with E-state index in [1.54, 1.807) is 40.4 Å². The van der Waals surface area contributed by atoms with Gasteiger partial charge in [-0.05, 0) is 45.0 Å². The van der Waals surface area contributed by atoms with Gasteiger partial charge in [-0.15, -0.1) is 0 Å². The summed E-state index contributed by atoms with van der Waals surface area (Å²) in [7, 11) is 2.87. The second-order valence-electron chi connectivity index (χ2n) is 6.90. The number of nitrogens with one attached hydrogen (secondary N) is 1. The Hall–Kier alpha value is -3.03. The Labute approximate surface area is 158 Å². The number of nitrogens with zero attached hydrogens (tertiary/aromatic N) is 2. The van der Waals surface area contributed by atoms with Crippen LogP contribution in [0.2, 0.25) is 0 Å². The molecule has 8 nitrogen and oxygen atoms in total. The van der Waals surface area contributed by atoms with Gasteiger partial charge >= 0.3 is 12.1 Å². The number of carbonyl (C=O) groups is 2. The summed E-state index contributed by atoms with van der Waals surface area (Å²) in [5.41, 5.74) is 0.849. The number of hydrogen-bond acceptors (Lipinski definition) is 6. The maximum Gasteiger partial charge on any atom is 0.408 e. The number of hydrogen-bond donors (Lipinski definition) is 1. The minimum Gasteiger partial charge on any atom is -0.497 e. The maximum absolute atomic E-state index is 12.0. The highest BCUT2D eigenvalue weighted by Gasteiger charge is 2.26. The molecule has 1 N–H and O–H groups in total. The van der Waals surface area contributed by atoms with Crippen molar-refractivity contribution in [2.75, 3.05) is 14.2 Å². The number of ether oxygens (including phenoxy) is 3. The summed E-state index contributed by atoms with van der Waals surface area (Å²) in [4.78, 5) is 28.3. The summed E-state index contributed by atoms with van der Waals surface area (Å²) >= 11 is 0. The molecule has 27 heavy (non-hydrogen) atoms. The molecular weight excluding hydrogens is 350 g/mol. The summed E-state index contributed by atoms with van der Waals surface area (Å²) in [5.74, 6) is 0.186. The molecule has 0 aliphatic carbocycles. The summed E-state index contributed by atoms with van der Waals surface area (Å²) in [6.07, 6.45) is 2.91. The largest absolute Gasteiger partial charge is 0.497 e. The van der Waals surface area contributed by atoms with Crippen LogP contribution in [0.3, 0.4) is 0 Å². The van der Waals surface area contributed by atoms with Crippen molar-refractivity contribution in [2.45, 2.75) is 38.8 Å². The fraction of sp³-hybridized carbons (Fsp3) is 0.421. The topological polar surface area (TPSA) is 91.7 Å². The van der Waals surface area contributed by atoms with Crippen LogP contribution in [0, 0.1) is 0 Å². The van der Waals surface area contributed by atoms with Crippen molar-refractivity contribution in [3.8, 4) is 11.4 Å². The number of benzene rings is 1. The number of carbonyl (C=O) groups excluding carboxylic acids is 2. The van der Waals surface area contributed by atoms with E-state index in [0.717, 1.165) is 11.4 Å². The average molecular weight is 375 g/mol. The molecule has 0 saturated heterocycles. The molecule has 146 valence electrons. The van der Waals surface area contributed by atoms with Crippen LogP contribution < -0.4 is 10.1 Å². The van der Waals surface area contributed by atoms with Crippen molar-refractivity contribution in [1.29, 1.82) is 0 Å². The minimum atomic E-state index is -0.899. The van der Waals surface area contributed by atoms with Crippen LogP contribution in [0.4, 0.5) is 4.79 Å². The number of aromatic nitrogens is 2. The second-order valence-corrected chi connectivity index (χ2v) is 6.90. The van der Waals surface area contributed by atoms with E-state index in [0.29, 0.717) is 5.69 Å². The molecule has 1 heterocycles. The van der Waals surface area contributed by atoms with Gasteiger partial charge in [-0.3, -0.25) is 0 Å². The number of methoxy groups -OCH3 is 2. The van der Waals surface area contributed by atoms with Gasteiger partial charge in [0.25, 0.3) is 0 Å². The first-order valence-electron chi connectivity index (χ1n) is 8.46. The normalized spacial score (nSPS) is 12.2. The van der Waals surface area contributed by atoms with Crippen LogP contribution in [0.15, 0.2) is 36.8 Å². The van der Waals surface area contributed by atoms with E-state index >= 15 is 0 Å². The van der Waals surface area contributed by atoms with Crippen molar-refractivity contribution >= 4 is 12.1 Å². The van der Waals surface area contributed by atoms with Gasteiger partial charge in [-0.1, -0.05) is 0 Å². The predicted molar refractivity (Wildman–Crippen MR) is 99.0 cm³/mol. The van der Waals surface area contributed by atoms with E-state index in [9.17, 15) is 9.59 Å². The Bertz CT molecular complexity index is 777. The van der Waals surface area contributed by atoms with Gasteiger partial charge in [-0.2, -0.15) is 0 Å². The van der Waals surface area contributed by atoms with Crippen LogP contribution in [0.25, 0.3) is 5.69 Å². The first-order valence-corrected chi connectivity index (χ1v) is 8.46. The molecule has 0 bridgehead atoms. The quantitative estimate of drug-likeness (QED) is 0.780. The SMILES string of the molecule is COC(=O)C(Cc1cn(-c2ccc(OC)cc2)cn1)NC(=O)OC(C)(C)C. The van der Waals surface area contributed by atoms with Crippen molar-refractivity contribution in [3.63, 3.8) is 0 Å². The summed E-state index contributed by atoms with van der Waals surface area (Å²) < 4.78 is 16.9. The van der Waals surface area contributed by atoms with Crippen molar-refractivity contribution < 1.29 is 23.8 Å². The van der Waals surface area contributed by atoms with Crippen molar-refractivity contribution in [3.05, 3.63) is 42.5 Å². The smallest absolute Gasteiger partial charge is 0.408 e. The van der Waals surface area contributed by atoms with Gasteiger partial charge < -0.3 is 24.1 Å². The average Bonchev–Trinajstić information content (AvgIpc) is 3.07. The first-order chi connectivity index (χ1) is 12.7. The van der Waals surface area contributed by atoms with Gasteiger partial charge in [0.1, 0.15) is 17.4 Å². The Morgan fingerprint density at radius 2 is 1.85 bits per heavy atom. The van der Waals surface area contributed by atoms with E-state index in [4.69, 9.17) is 14.2 Å². The standard InChI is InChI=1S/C19H25N3O5/c1-19(2,3)27-18(24)21-16(17(23)26-5)10-13-11-22(12-20-13)14-6-8-15(25-4)9-7-14/h6-9,11-12,16H,10H2,1-5H3,(H,21,24). The molecule has 1 unspecified atom stereocenters. The highest BCUT2D eigenvalue weighted by molar-refractivity contribution is 5.81. The number of esters is 1. The van der Waals surface area contributed by atoms with Crippen LogP contribution in [0.5, 0.6) is 5.75 Å². The monoisotopic (exact) mass is 375 g/mol. The van der Waals surface area contributed by atoms with Crippen LogP contribution in [-0.2, 0) is 20.7 Å². The minimum absolute atomic E-state index is 0.176. The fourth-order valence-electron chi connectivity index (χ4n) is 2.36. The molecule has 0 radical (unpaired) electrons. The van der Waals surface area contributed by atoms with Crippen molar-refractivity contribution in [1.82, 2.24) is 14.9 Å². The van der Waals surface area contributed by atoms with Crippen LogP contribution >= 0.6 is 0 Å². The number of amides is 1. The van der Waals surface area contributed by atoms with E-state index in [1.807, 2.05) is 28.8 Å². The fourth-order valence-corrected chi connectivity index (χ4v) is 2.36. The second kappa shape index (κ2) is 8.57. The Balaban J connectivity index is 2.10. The lowest BCUT2D eigenvalue weighted by Crippen LogP contribution is -2.45.